The lowest BCUT2D eigenvalue weighted by atomic mass is 10.0. The van der Waals surface area contributed by atoms with Crippen molar-refractivity contribution in [1.29, 1.82) is 0 Å². The van der Waals surface area contributed by atoms with Crippen molar-refractivity contribution in [3.63, 3.8) is 0 Å². The minimum absolute atomic E-state index is 0.227. The van der Waals surface area contributed by atoms with Gasteiger partial charge in [-0.3, -0.25) is 4.79 Å². The van der Waals surface area contributed by atoms with Crippen molar-refractivity contribution >= 4 is 5.97 Å². The van der Waals surface area contributed by atoms with Gasteiger partial charge in [0.25, 0.3) is 5.92 Å². The summed E-state index contributed by atoms with van der Waals surface area (Å²) in [5, 5.41) is 0. The lowest BCUT2D eigenvalue weighted by Crippen LogP contribution is -2.14. The van der Waals surface area contributed by atoms with Crippen LogP contribution in [0.1, 0.15) is 19.8 Å². The van der Waals surface area contributed by atoms with Crippen molar-refractivity contribution in [3.8, 4) is 0 Å². The first-order chi connectivity index (χ1) is 6.40. The summed E-state index contributed by atoms with van der Waals surface area (Å²) >= 11 is 0. The molecule has 0 heterocycles. The van der Waals surface area contributed by atoms with E-state index < -0.39 is 23.2 Å². The minimum Gasteiger partial charge on any atom is -0.469 e. The van der Waals surface area contributed by atoms with Crippen LogP contribution >= 0.6 is 0 Å². The minimum atomic E-state index is -2.77. The van der Waals surface area contributed by atoms with Crippen LogP contribution in [-0.4, -0.2) is 19.0 Å². The molecule has 4 heteroatoms. The van der Waals surface area contributed by atoms with Crippen LogP contribution in [0.25, 0.3) is 0 Å². The summed E-state index contributed by atoms with van der Waals surface area (Å²) in [5.74, 6) is -4.12. The molecule has 2 atom stereocenters. The molecule has 0 aromatic heterocycles. The highest BCUT2D eigenvalue weighted by Gasteiger charge is 2.77. The lowest BCUT2D eigenvalue weighted by Gasteiger charge is -2.07. The topological polar surface area (TPSA) is 26.3 Å². The van der Waals surface area contributed by atoms with Gasteiger partial charge in [-0.2, -0.15) is 0 Å². The van der Waals surface area contributed by atoms with E-state index in [1.54, 1.807) is 0 Å². The molecule has 1 aliphatic rings. The molecule has 0 aromatic rings. The van der Waals surface area contributed by atoms with Crippen molar-refractivity contribution in [3.05, 3.63) is 12.7 Å². The number of allylic oxidation sites excluding steroid dienone is 1. The van der Waals surface area contributed by atoms with E-state index in [2.05, 4.69) is 11.3 Å². The van der Waals surface area contributed by atoms with Gasteiger partial charge in [-0.15, -0.1) is 6.58 Å². The molecule has 0 aromatic carbocycles. The first-order valence-electron chi connectivity index (χ1n) is 4.45. The molecule has 14 heavy (non-hydrogen) atoms. The Kier molecular flexibility index (Phi) is 2.65. The Labute approximate surface area is 81.9 Å². The smallest absolute Gasteiger partial charge is 0.306 e. The molecule has 1 saturated carbocycles. The molecule has 0 bridgehead atoms. The monoisotopic (exact) mass is 204 g/mol. The molecule has 0 saturated heterocycles. The predicted molar refractivity (Wildman–Crippen MR) is 48.0 cm³/mol. The van der Waals surface area contributed by atoms with Crippen LogP contribution in [0.15, 0.2) is 12.7 Å². The second-order valence-corrected chi connectivity index (χ2v) is 3.87. The molecular weight excluding hydrogens is 190 g/mol. The summed E-state index contributed by atoms with van der Waals surface area (Å²) in [6.45, 7) is 4.84. The molecule has 0 spiro atoms. The number of carbonyl (C=O) groups excluding carboxylic acids is 1. The summed E-state index contributed by atoms with van der Waals surface area (Å²) in [7, 11) is 1.20. The van der Waals surface area contributed by atoms with Crippen LogP contribution in [0.5, 0.6) is 0 Å². The van der Waals surface area contributed by atoms with Gasteiger partial charge in [0.1, 0.15) is 0 Å². The zero-order chi connectivity index (χ0) is 11.0. The molecule has 2 nitrogen and oxygen atoms in total. The van der Waals surface area contributed by atoms with Crippen molar-refractivity contribution in [2.45, 2.75) is 25.7 Å². The van der Waals surface area contributed by atoms with E-state index in [0.29, 0.717) is 0 Å². The van der Waals surface area contributed by atoms with Gasteiger partial charge in [0.05, 0.1) is 18.9 Å². The fourth-order valence-corrected chi connectivity index (χ4v) is 1.86. The molecule has 0 unspecified atom stereocenters. The third-order valence-electron chi connectivity index (χ3n) is 3.03. The third kappa shape index (κ3) is 1.42. The SMILES string of the molecule is C=CC[C@@H]1C(F)(F)[C@]1(C)CC(=O)OC. The molecule has 0 radical (unpaired) electrons. The van der Waals surface area contributed by atoms with Crippen LogP contribution in [-0.2, 0) is 9.53 Å². The third-order valence-corrected chi connectivity index (χ3v) is 3.03. The second kappa shape index (κ2) is 3.33. The molecule has 1 aliphatic carbocycles. The van der Waals surface area contributed by atoms with Crippen LogP contribution in [0.2, 0.25) is 0 Å². The van der Waals surface area contributed by atoms with Gasteiger partial charge in [0, 0.05) is 5.92 Å². The van der Waals surface area contributed by atoms with E-state index in [9.17, 15) is 13.6 Å². The van der Waals surface area contributed by atoms with Gasteiger partial charge in [-0.1, -0.05) is 13.0 Å². The van der Waals surface area contributed by atoms with Crippen molar-refractivity contribution < 1.29 is 18.3 Å². The maximum absolute atomic E-state index is 13.3. The van der Waals surface area contributed by atoms with E-state index in [4.69, 9.17) is 0 Å². The van der Waals surface area contributed by atoms with Crippen molar-refractivity contribution in [1.82, 2.24) is 0 Å². The Balaban J connectivity index is 2.67. The highest BCUT2D eigenvalue weighted by atomic mass is 19.3. The molecule has 0 amide bonds. The fraction of sp³-hybridized carbons (Fsp3) is 0.700. The van der Waals surface area contributed by atoms with Crippen LogP contribution in [0, 0.1) is 11.3 Å². The van der Waals surface area contributed by atoms with Gasteiger partial charge >= 0.3 is 5.97 Å². The van der Waals surface area contributed by atoms with Gasteiger partial charge < -0.3 is 4.74 Å². The number of alkyl halides is 2. The Bertz CT molecular complexity index is 263. The van der Waals surface area contributed by atoms with Crippen LogP contribution in [0.3, 0.4) is 0 Å². The molecule has 0 N–H and O–H groups in total. The van der Waals surface area contributed by atoms with Crippen molar-refractivity contribution in [2.24, 2.45) is 11.3 Å². The molecular formula is C10H14F2O2. The normalized spacial score (nSPS) is 33.6. The second-order valence-electron chi connectivity index (χ2n) is 3.87. The number of halogens is 2. The van der Waals surface area contributed by atoms with E-state index in [-0.39, 0.29) is 12.8 Å². The number of esters is 1. The largest absolute Gasteiger partial charge is 0.469 e. The summed E-state index contributed by atoms with van der Waals surface area (Å²) in [6, 6.07) is 0. The summed E-state index contributed by atoms with van der Waals surface area (Å²) in [6.07, 6.45) is 1.47. The highest BCUT2D eigenvalue weighted by Crippen LogP contribution is 2.69. The summed E-state index contributed by atoms with van der Waals surface area (Å²) in [5.41, 5.74) is -1.24. The summed E-state index contributed by atoms with van der Waals surface area (Å²) in [4.78, 5) is 10.9. The van der Waals surface area contributed by atoms with Gasteiger partial charge in [-0.05, 0) is 6.42 Å². The highest BCUT2D eigenvalue weighted by molar-refractivity contribution is 5.71. The van der Waals surface area contributed by atoms with Crippen LogP contribution in [0.4, 0.5) is 8.78 Å². The number of methoxy groups -OCH3 is 1. The molecule has 0 aliphatic heterocycles. The number of hydrogen-bond donors (Lipinski definition) is 0. The number of carbonyl (C=O) groups is 1. The van der Waals surface area contributed by atoms with E-state index in [0.717, 1.165) is 0 Å². The zero-order valence-corrected chi connectivity index (χ0v) is 8.35. The molecule has 1 rings (SSSR count). The fourth-order valence-electron chi connectivity index (χ4n) is 1.86. The Morgan fingerprint density at radius 2 is 2.21 bits per heavy atom. The average Bonchev–Trinajstić information content (AvgIpc) is 2.50. The maximum Gasteiger partial charge on any atom is 0.306 e. The zero-order valence-electron chi connectivity index (χ0n) is 8.35. The van der Waals surface area contributed by atoms with Gasteiger partial charge in [0.2, 0.25) is 0 Å². The Morgan fingerprint density at radius 1 is 1.64 bits per heavy atom. The Morgan fingerprint density at radius 3 is 2.64 bits per heavy atom. The molecule has 1 fully saturated rings. The van der Waals surface area contributed by atoms with Crippen molar-refractivity contribution in [2.75, 3.05) is 7.11 Å². The Hall–Kier alpha value is -0.930. The predicted octanol–water partition coefficient (Wildman–Crippen LogP) is 2.40. The van der Waals surface area contributed by atoms with E-state index in [1.165, 1.54) is 20.1 Å². The number of rotatable bonds is 4. The van der Waals surface area contributed by atoms with Gasteiger partial charge in [0.15, 0.2) is 0 Å². The first-order valence-corrected chi connectivity index (χ1v) is 4.45. The van der Waals surface area contributed by atoms with Gasteiger partial charge in [-0.25, -0.2) is 8.78 Å². The standard InChI is InChI=1S/C10H14F2O2/c1-4-5-7-9(2,10(7,11)12)6-8(13)14-3/h4,7H,1,5-6H2,2-3H3/t7-,9+/m0/s1. The number of ether oxygens (including phenoxy) is 1. The summed E-state index contributed by atoms with van der Waals surface area (Å²) < 4.78 is 30.9. The average molecular weight is 204 g/mol. The van der Waals surface area contributed by atoms with Crippen LogP contribution < -0.4 is 0 Å². The maximum atomic E-state index is 13.3. The van der Waals surface area contributed by atoms with E-state index in [1.807, 2.05) is 0 Å². The number of hydrogen-bond acceptors (Lipinski definition) is 2. The quantitative estimate of drug-likeness (QED) is 0.519. The van der Waals surface area contributed by atoms with E-state index >= 15 is 0 Å². The lowest BCUT2D eigenvalue weighted by molar-refractivity contribution is -0.143. The molecule has 80 valence electrons. The first kappa shape index (κ1) is 11.1.